The van der Waals surface area contributed by atoms with E-state index in [-0.39, 0.29) is 6.04 Å². The maximum absolute atomic E-state index is 5.77. The summed E-state index contributed by atoms with van der Waals surface area (Å²) in [6.45, 7) is 1.38. The molecule has 2 aromatic rings. The minimum absolute atomic E-state index is 0.0723. The van der Waals surface area contributed by atoms with Gasteiger partial charge < -0.3 is 9.47 Å². The summed E-state index contributed by atoms with van der Waals surface area (Å²) < 4.78 is 12.6. The van der Waals surface area contributed by atoms with Crippen molar-refractivity contribution in [1.29, 1.82) is 0 Å². The summed E-state index contributed by atoms with van der Waals surface area (Å²) in [5.41, 5.74) is 5.07. The van der Waals surface area contributed by atoms with E-state index in [1.807, 2.05) is 24.3 Å². The van der Waals surface area contributed by atoms with Gasteiger partial charge in [-0.2, -0.15) is 0 Å². The molecule has 21 heavy (non-hydrogen) atoms. The fraction of sp³-hybridized carbons (Fsp3) is 0.250. The minimum Gasteiger partial charge on any atom is -0.490 e. The second-order valence-electron chi connectivity index (χ2n) is 4.91. The third-order valence-corrected chi connectivity index (χ3v) is 4.12. The molecule has 0 saturated heterocycles. The molecule has 0 radical (unpaired) electrons. The molecule has 0 saturated carbocycles. The average Bonchev–Trinajstić information content (AvgIpc) is 2.73. The number of nitrogens with two attached hydrogens (primary N) is 1. The van der Waals surface area contributed by atoms with Crippen molar-refractivity contribution in [3.8, 4) is 11.5 Å². The summed E-state index contributed by atoms with van der Waals surface area (Å²) in [7, 11) is 0. The topological polar surface area (TPSA) is 56.5 Å². The number of hydrazine groups is 1. The third-order valence-electron chi connectivity index (χ3n) is 3.45. The Hall–Kier alpha value is -1.31. The zero-order valence-electron chi connectivity index (χ0n) is 11.5. The molecule has 1 heterocycles. The molecule has 4 nitrogen and oxygen atoms in total. The largest absolute Gasteiger partial charge is 0.490 e. The average molecular weight is 396 g/mol. The summed E-state index contributed by atoms with van der Waals surface area (Å²) in [4.78, 5) is 0. The molecule has 5 heteroatoms. The Balaban J connectivity index is 1.96. The molecule has 2 aromatic carbocycles. The van der Waals surface area contributed by atoms with Crippen LogP contribution in [0.2, 0.25) is 0 Å². The number of ether oxygens (including phenoxy) is 2. The SMILES string of the molecule is NNC(c1cccc(I)c1)c1ccc2c(c1)OCCCO2. The lowest BCUT2D eigenvalue weighted by atomic mass is 9.99. The van der Waals surface area contributed by atoms with Crippen LogP contribution in [0.5, 0.6) is 11.5 Å². The van der Waals surface area contributed by atoms with Gasteiger partial charge in [0.05, 0.1) is 19.3 Å². The zero-order chi connectivity index (χ0) is 14.7. The van der Waals surface area contributed by atoms with Gasteiger partial charge in [0.2, 0.25) is 0 Å². The van der Waals surface area contributed by atoms with Gasteiger partial charge >= 0.3 is 0 Å². The zero-order valence-corrected chi connectivity index (χ0v) is 13.7. The Morgan fingerprint density at radius 1 is 1.00 bits per heavy atom. The van der Waals surface area contributed by atoms with Crippen molar-refractivity contribution in [3.05, 3.63) is 57.2 Å². The highest BCUT2D eigenvalue weighted by atomic mass is 127. The van der Waals surface area contributed by atoms with Crippen molar-refractivity contribution in [2.75, 3.05) is 13.2 Å². The lowest BCUT2D eigenvalue weighted by Gasteiger charge is -2.19. The van der Waals surface area contributed by atoms with Crippen LogP contribution in [0.4, 0.5) is 0 Å². The highest BCUT2D eigenvalue weighted by Crippen LogP contribution is 2.34. The lowest BCUT2D eigenvalue weighted by Crippen LogP contribution is -2.28. The summed E-state index contributed by atoms with van der Waals surface area (Å²) in [5.74, 6) is 7.36. The van der Waals surface area contributed by atoms with Crippen LogP contribution in [0.1, 0.15) is 23.6 Å². The van der Waals surface area contributed by atoms with Gasteiger partial charge in [-0.05, 0) is 58.0 Å². The smallest absolute Gasteiger partial charge is 0.161 e. The van der Waals surface area contributed by atoms with E-state index in [1.54, 1.807) is 0 Å². The molecule has 3 rings (SSSR count). The van der Waals surface area contributed by atoms with E-state index in [0.29, 0.717) is 13.2 Å². The Labute approximate surface area is 137 Å². The van der Waals surface area contributed by atoms with Gasteiger partial charge in [0.25, 0.3) is 0 Å². The third kappa shape index (κ3) is 3.30. The quantitative estimate of drug-likeness (QED) is 0.476. The van der Waals surface area contributed by atoms with E-state index in [0.717, 1.165) is 29.0 Å². The first-order valence-electron chi connectivity index (χ1n) is 6.89. The van der Waals surface area contributed by atoms with Crippen molar-refractivity contribution >= 4 is 22.6 Å². The molecule has 0 aliphatic carbocycles. The predicted octanol–water partition coefficient (Wildman–Crippen LogP) is 3.01. The van der Waals surface area contributed by atoms with E-state index >= 15 is 0 Å². The first kappa shape index (κ1) is 14.6. The fourth-order valence-electron chi connectivity index (χ4n) is 2.43. The van der Waals surface area contributed by atoms with E-state index in [9.17, 15) is 0 Å². The predicted molar refractivity (Wildman–Crippen MR) is 90.4 cm³/mol. The van der Waals surface area contributed by atoms with Gasteiger partial charge in [0.1, 0.15) is 0 Å². The molecule has 1 unspecified atom stereocenters. The van der Waals surface area contributed by atoms with E-state index < -0.39 is 0 Å². The Morgan fingerprint density at radius 3 is 2.52 bits per heavy atom. The first-order chi connectivity index (χ1) is 10.3. The summed E-state index contributed by atoms with van der Waals surface area (Å²) in [6.07, 6.45) is 0.902. The number of rotatable bonds is 3. The highest BCUT2D eigenvalue weighted by Gasteiger charge is 2.17. The highest BCUT2D eigenvalue weighted by molar-refractivity contribution is 14.1. The molecular weight excluding hydrogens is 379 g/mol. The monoisotopic (exact) mass is 396 g/mol. The van der Waals surface area contributed by atoms with Crippen molar-refractivity contribution in [1.82, 2.24) is 5.43 Å². The molecule has 3 N–H and O–H groups in total. The van der Waals surface area contributed by atoms with Crippen LogP contribution < -0.4 is 20.7 Å². The van der Waals surface area contributed by atoms with Crippen molar-refractivity contribution in [2.45, 2.75) is 12.5 Å². The van der Waals surface area contributed by atoms with Crippen LogP contribution in [0.25, 0.3) is 0 Å². The van der Waals surface area contributed by atoms with Crippen LogP contribution in [0.3, 0.4) is 0 Å². The number of halogens is 1. The summed E-state index contributed by atoms with van der Waals surface area (Å²) in [5, 5.41) is 0. The molecule has 1 aliphatic rings. The number of hydrogen-bond donors (Lipinski definition) is 2. The van der Waals surface area contributed by atoms with E-state index in [2.05, 4.69) is 46.2 Å². The van der Waals surface area contributed by atoms with Crippen LogP contribution >= 0.6 is 22.6 Å². The van der Waals surface area contributed by atoms with Crippen LogP contribution in [-0.4, -0.2) is 13.2 Å². The van der Waals surface area contributed by atoms with Crippen molar-refractivity contribution in [2.24, 2.45) is 5.84 Å². The van der Waals surface area contributed by atoms with E-state index in [4.69, 9.17) is 15.3 Å². The minimum atomic E-state index is -0.0723. The Morgan fingerprint density at radius 2 is 1.76 bits per heavy atom. The summed E-state index contributed by atoms with van der Waals surface area (Å²) in [6, 6.07) is 14.2. The molecular formula is C16H17IN2O2. The van der Waals surface area contributed by atoms with Crippen LogP contribution in [-0.2, 0) is 0 Å². The second-order valence-corrected chi connectivity index (χ2v) is 6.16. The molecule has 1 aliphatic heterocycles. The molecule has 0 spiro atoms. The molecule has 0 bridgehead atoms. The number of fused-ring (bicyclic) bond motifs is 1. The summed E-state index contributed by atoms with van der Waals surface area (Å²) >= 11 is 2.30. The first-order valence-corrected chi connectivity index (χ1v) is 7.97. The second kappa shape index (κ2) is 6.64. The molecule has 0 aromatic heterocycles. The molecule has 1 atom stereocenters. The Bertz CT molecular complexity index is 633. The van der Waals surface area contributed by atoms with Gasteiger partial charge in [0, 0.05) is 9.99 Å². The molecule has 0 fully saturated rings. The number of hydrogen-bond acceptors (Lipinski definition) is 4. The Kier molecular flexibility index (Phi) is 4.62. The van der Waals surface area contributed by atoms with Crippen molar-refractivity contribution < 1.29 is 9.47 Å². The lowest BCUT2D eigenvalue weighted by molar-refractivity contribution is 0.297. The van der Waals surface area contributed by atoms with Gasteiger partial charge in [-0.1, -0.05) is 18.2 Å². The van der Waals surface area contributed by atoms with Crippen LogP contribution in [0.15, 0.2) is 42.5 Å². The van der Waals surface area contributed by atoms with Gasteiger partial charge in [-0.15, -0.1) is 0 Å². The molecule has 0 amide bonds. The van der Waals surface area contributed by atoms with Crippen molar-refractivity contribution in [3.63, 3.8) is 0 Å². The maximum atomic E-state index is 5.77. The van der Waals surface area contributed by atoms with E-state index in [1.165, 1.54) is 3.57 Å². The number of nitrogens with one attached hydrogen (secondary N) is 1. The van der Waals surface area contributed by atoms with Crippen LogP contribution in [0, 0.1) is 3.57 Å². The van der Waals surface area contributed by atoms with Gasteiger partial charge in [-0.3, -0.25) is 5.84 Å². The maximum Gasteiger partial charge on any atom is 0.161 e. The fourth-order valence-corrected chi connectivity index (χ4v) is 3.00. The standard InChI is InChI=1S/C16H17IN2O2/c17-13-4-1-3-11(9-13)16(19-18)12-5-6-14-15(10-12)21-8-2-7-20-14/h1,3-6,9-10,16,19H,2,7-8,18H2. The van der Waals surface area contributed by atoms with Gasteiger partial charge in [0.15, 0.2) is 11.5 Å². The molecule has 110 valence electrons. The number of benzene rings is 2. The normalized spacial score (nSPS) is 15.3. The van der Waals surface area contributed by atoms with Gasteiger partial charge in [-0.25, -0.2) is 5.43 Å².